The summed E-state index contributed by atoms with van der Waals surface area (Å²) in [6, 6.07) is 9.66. The van der Waals surface area contributed by atoms with Crippen molar-refractivity contribution >= 4 is 33.4 Å². The highest BCUT2D eigenvalue weighted by molar-refractivity contribution is 9.10. The minimum Gasteiger partial charge on any atom is -0.372 e. The number of sulfone groups is 1. The van der Waals surface area contributed by atoms with Crippen molar-refractivity contribution < 1.29 is 36.3 Å². The van der Waals surface area contributed by atoms with E-state index in [9.17, 15) is 21.8 Å². The number of alkyl halides is 2. The van der Waals surface area contributed by atoms with E-state index in [4.69, 9.17) is 14.5 Å². The zero-order valence-corrected chi connectivity index (χ0v) is 17.3. The Kier molecular flexibility index (Phi) is 6.61. The Balaban J connectivity index is 2.03. The lowest BCUT2D eigenvalue weighted by molar-refractivity contribution is 0.0556. The van der Waals surface area contributed by atoms with E-state index in [0.29, 0.717) is 5.56 Å². The Morgan fingerprint density at radius 3 is 2.07 bits per heavy atom. The van der Waals surface area contributed by atoms with E-state index in [1.54, 1.807) is 12.1 Å². The molecule has 0 bridgehead atoms. The second-order valence-electron chi connectivity index (χ2n) is 5.81. The van der Waals surface area contributed by atoms with Gasteiger partial charge < -0.3 is 14.5 Å². The maximum Gasteiger partial charge on any atom is 0.399 e. The van der Waals surface area contributed by atoms with Crippen molar-refractivity contribution in [3.8, 4) is 0 Å². The molecule has 0 atom stereocenters. The Hall–Kier alpha value is -1.16. The highest BCUT2D eigenvalue weighted by Gasteiger charge is 2.51. The minimum atomic E-state index is -5.65. The molecule has 0 aliphatic heterocycles. The smallest absolute Gasteiger partial charge is 0.372 e. The van der Waals surface area contributed by atoms with Gasteiger partial charge in [0.1, 0.15) is 0 Å². The topological polar surface area (TPSA) is 101 Å². The fraction of sp³-hybridized carbons (Fsp3) is 0.250. The summed E-state index contributed by atoms with van der Waals surface area (Å²) in [5.41, 5.74) is -3.87. The third-order valence-electron chi connectivity index (χ3n) is 3.61. The van der Waals surface area contributed by atoms with Crippen LogP contribution in [0.1, 0.15) is 16.7 Å². The first-order valence-electron chi connectivity index (χ1n) is 7.41. The minimum absolute atomic E-state index is 0.0637. The van der Waals surface area contributed by atoms with Crippen LogP contribution in [0.2, 0.25) is 0 Å². The van der Waals surface area contributed by atoms with E-state index in [-0.39, 0.29) is 22.6 Å². The van der Waals surface area contributed by atoms with E-state index in [0.717, 1.165) is 17.9 Å². The zero-order valence-electron chi connectivity index (χ0n) is 14.0. The van der Waals surface area contributed by atoms with Crippen molar-refractivity contribution in [2.75, 3.05) is 6.26 Å². The highest BCUT2D eigenvalue weighted by Crippen LogP contribution is 2.60. The fourth-order valence-corrected chi connectivity index (χ4v) is 4.14. The summed E-state index contributed by atoms with van der Waals surface area (Å²) < 4.78 is 66.6. The van der Waals surface area contributed by atoms with Crippen LogP contribution in [0.15, 0.2) is 51.8 Å². The molecule has 6 nitrogen and oxygen atoms in total. The second-order valence-corrected chi connectivity index (χ2v) is 10.3. The van der Waals surface area contributed by atoms with Gasteiger partial charge in [-0.05, 0) is 29.3 Å². The SMILES string of the molecule is CS(=O)(=O)c1ccc(COCc2ccc(C(F)(F)P(=O)(O)O)c(Br)c2)cc1. The third kappa shape index (κ3) is 5.43. The summed E-state index contributed by atoms with van der Waals surface area (Å²) in [7, 11) is -8.92. The molecule has 2 aromatic carbocycles. The van der Waals surface area contributed by atoms with Gasteiger partial charge in [0.2, 0.25) is 0 Å². The molecule has 0 aliphatic carbocycles. The average molecular weight is 485 g/mol. The van der Waals surface area contributed by atoms with Crippen molar-refractivity contribution in [2.45, 2.75) is 23.8 Å². The third-order valence-corrected chi connectivity index (χ3v) is 6.37. The molecule has 0 radical (unpaired) electrons. The summed E-state index contributed by atoms with van der Waals surface area (Å²) >= 11 is 2.90. The summed E-state index contributed by atoms with van der Waals surface area (Å²) in [5, 5.41) is 0. The Labute approximate surface area is 163 Å². The van der Waals surface area contributed by atoms with Crippen LogP contribution in [-0.2, 0) is 38.0 Å². The quantitative estimate of drug-likeness (QED) is 0.579. The Bertz CT molecular complexity index is 973. The summed E-state index contributed by atoms with van der Waals surface area (Å²) in [4.78, 5) is 17.8. The van der Waals surface area contributed by atoms with Gasteiger partial charge in [0, 0.05) is 16.3 Å². The predicted molar refractivity (Wildman–Crippen MR) is 98.1 cm³/mol. The molecular formula is C16H16BrF2O6PS. The van der Waals surface area contributed by atoms with Gasteiger partial charge in [-0.15, -0.1) is 0 Å². The normalized spacial score (nSPS) is 13.0. The van der Waals surface area contributed by atoms with Gasteiger partial charge >= 0.3 is 13.3 Å². The molecule has 2 aromatic rings. The number of hydrogen-bond acceptors (Lipinski definition) is 4. The highest BCUT2D eigenvalue weighted by atomic mass is 79.9. The molecule has 0 aliphatic rings. The molecule has 27 heavy (non-hydrogen) atoms. The molecule has 2 rings (SSSR count). The molecule has 0 aromatic heterocycles. The van der Waals surface area contributed by atoms with E-state index in [1.807, 2.05) is 0 Å². The fourth-order valence-electron chi connectivity index (χ4n) is 2.17. The van der Waals surface area contributed by atoms with Crippen molar-refractivity contribution in [1.29, 1.82) is 0 Å². The van der Waals surface area contributed by atoms with Gasteiger partial charge in [-0.25, -0.2) is 8.42 Å². The Morgan fingerprint density at radius 2 is 1.59 bits per heavy atom. The summed E-state index contributed by atoms with van der Waals surface area (Å²) in [5.74, 6) is 0. The molecule has 11 heteroatoms. The van der Waals surface area contributed by atoms with Crippen LogP contribution in [0, 0.1) is 0 Å². The molecule has 0 saturated heterocycles. The lowest BCUT2D eigenvalue weighted by atomic mass is 10.1. The predicted octanol–water partition coefficient (Wildman–Crippen LogP) is 3.80. The van der Waals surface area contributed by atoms with Crippen LogP contribution in [0.25, 0.3) is 0 Å². The maximum absolute atomic E-state index is 13.8. The first-order chi connectivity index (χ1) is 12.3. The van der Waals surface area contributed by atoms with E-state index in [2.05, 4.69) is 15.9 Å². The number of halogens is 3. The van der Waals surface area contributed by atoms with Gasteiger partial charge in [0.05, 0.1) is 18.1 Å². The standard InChI is InChI=1S/C16H16BrF2O6PS/c1-27(23,24)13-5-2-11(3-6-13)9-25-10-12-4-7-14(15(17)8-12)16(18,19)26(20,21)22/h2-8H,9-10H2,1H3,(H2,20,21,22). The summed E-state index contributed by atoms with van der Waals surface area (Å²) in [6.45, 7) is 0.232. The largest absolute Gasteiger partial charge is 0.399 e. The first kappa shape index (κ1) is 22.1. The van der Waals surface area contributed by atoms with Crippen molar-refractivity contribution in [3.05, 3.63) is 63.6 Å². The van der Waals surface area contributed by atoms with Crippen molar-refractivity contribution in [3.63, 3.8) is 0 Å². The lowest BCUT2D eigenvalue weighted by Crippen LogP contribution is -2.14. The second kappa shape index (κ2) is 8.06. The molecule has 148 valence electrons. The molecule has 0 saturated carbocycles. The number of benzene rings is 2. The van der Waals surface area contributed by atoms with Crippen molar-refractivity contribution in [2.24, 2.45) is 0 Å². The zero-order chi connectivity index (χ0) is 20.5. The summed E-state index contributed by atoms with van der Waals surface area (Å²) in [6.07, 6.45) is 1.11. The number of hydrogen-bond donors (Lipinski definition) is 2. The van der Waals surface area contributed by atoms with Crippen molar-refractivity contribution in [1.82, 2.24) is 0 Å². The van der Waals surface area contributed by atoms with Gasteiger partial charge in [0.15, 0.2) is 9.84 Å². The molecule has 0 amide bonds. The molecule has 0 unspecified atom stereocenters. The van der Waals surface area contributed by atoms with Crippen LogP contribution >= 0.6 is 23.5 Å². The van der Waals surface area contributed by atoms with Crippen LogP contribution in [-0.4, -0.2) is 24.5 Å². The monoisotopic (exact) mass is 484 g/mol. The average Bonchev–Trinajstić information content (AvgIpc) is 2.53. The van der Waals surface area contributed by atoms with Crippen LogP contribution in [0.3, 0.4) is 0 Å². The molecule has 0 spiro atoms. The van der Waals surface area contributed by atoms with Crippen LogP contribution < -0.4 is 0 Å². The number of rotatable bonds is 7. The molecular weight excluding hydrogens is 469 g/mol. The number of ether oxygens (including phenoxy) is 1. The molecule has 2 N–H and O–H groups in total. The van der Waals surface area contributed by atoms with Crippen LogP contribution in [0.4, 0.5) is 8.78 Å². The first-order valence-corrected chi connectivity index (χ1v) is 11.7. The lowest BCUT2D eigenvalue weighted by Gasteiger charge is -2.19. The van der Waals surface area contributed by atoms with Gasteiger partial charge in [-0.3, -0.25) is 4.57 Å². The van der Waals surface area contributed by atoms with E-state index in [1.165, 1.54) is 24.3 Å². The molecule has 0 heterocycles. The van der Waals surface area contributed by atoms with E-state index < -0.39 is 28.7 Å². The van der Waals surface area contributed by atoms with Gasteiger partial charge in [0.25, 0.3) is 0 Å². The van der Waals surface area contributed by atoms with Crippen LogP contribution in [0.5, 0.6) is 0 Å². The van der Waals surface area contributed by atoms with Gasteiger partial charge in [-0.1, -0.05) is 40.2 Å². The van der Waals surface area contributed by atoms with E-state index >= 15 is 0 Å². The Morgan fingerprint density at radius 1 is 1.07 bits per heavy atom. The molecule has 0 fully saturated rings. The van der Waals surface area contributed by atoms with Gasteiger partial charge in [-0.2, -0.15) is 8.78 Å². The maximum atomic E-state index is 13.8.